The molecule has 0 aliphatic carbocycles. The van der Waals surface area contributed by atoms with Crippen LogP contribution in [0.4, 0.5) is 0 Å². The summed E-state index contributed by atoms with van der Waals surface area (Å²) >= 11 is 0. The molecule has 1 saturated heterocycles. The highest BCUT2D eigenvalue weighted by atomic mass is 16.7. The minimum absolute atomic E-state index is 0.00929. The molecule has 1 aliphatic heterocycles. The van der Waals surface area contributed by atoms with E-state index in [0.717, 1.165) is 38.9 Å². The molecule has 4 aromatic rings. The molecule has 0 spiro atoms. The molecule has 4 aromatic carbocycles. The summed E-state index contributed by atoms with van der Waals surface area (Å²) in [6, 6.07) is 33.9. The number of carbonyl (C=O) groups is 1. The van der Waals surface area contributed by atoms with E-state index < -0.39 is 12.4 Å². The van der Waals surface area contributed by atoms with E-state index in [1.165, 1.54) is 6.92 Å². The highest BCUT2D eigenvalue weighted by Gasteiger charge is 2.39. The summed E-state index contributed by atoms with van der Waals surface area (Å²) in [4.78, 5) is 13.5. The second-order valence-electron chi connectivity index (χ2n) is 12.1. The molecule has 0 bridgehead atoms. The van der Waals surface area contributed by atoms with Gasteiger partial charge in [-0.25, -0.2) is 0 Å². The van der Waals surface area contributed by atoms with Gasteiger partial charge in [0.05, 0.1) is 24.9 Å². The van der Waals surface area contributed by atoms with Gasteiger partial charge in [-0.15, -0.1) is 0 Å². The first-order valence-electron chi connectivity index (χ1n) is 15.6. The van der Waals surface area contributed by atoms with Gasteiger partial charge in [0.2, 0.25) is 5.91 Å². The van der Waals surface area contributed by atoms with E-state index in [1.54, 1.807) is 0 Å². The number of rotatable bonds is 11. The summed E-state index contributed by atoms with van der Waals surface area (Å²) in [5, 5.41) is 23.5. The predicted molar refractivity (Wildman–Crippen MR) is 176 cm³/mol. The van der Waals surface area contributed by atoms with Gasteiger partial charge in [-0.05, 0) is 53.4 Å². The van der Waals surface area contributed by atoms with Crippen molar-refractivity contribution in [3.8, 4) is 11.1 Å². The fourth-order valence-corrected chi connectivity index (χ4v) is 5.87. The maximum atomic E-state index is 11.4. The Kier molecular flexibility index (Phi) is 10.8. The van der Waals surface area contributed by atoms with Crippen molar-refractivity contribution in [1.82, 2.24) is 10.2 Å². The number of nitrogens with zero attached hydrogens (tertiary/aromatic N) is 1. The molecule has 1 aliphatic rings. The third kappa shape index (κ3) is 8.06. The van der Waals surface area contributed by atoms with Crippen molar-refractivity contribution >= 4 is 5.91 Å². The highest BCUT2D eigenvalue weighted by Crippen LogP contribution is 2.42. The van der Waals surface area contributed by atoms with Gasteiger partial charge in [-0.3, -0.25) is 9.69 Å². The van der Waals surface area contributed by atoms with Crippen LogP contribution in [0.2, 0.25) is 0 Å². The standard InChI is InChI=1S/C38H44N2O5/c1-25-35(23-40(4)26(2)36(43)31-10-6-5-7-11-31)44-38(45-37(25)32-15-13-28(24-41)14-16-32)33-19-17-30(18-20-33)34-12-8-9-29(21-34)22-39-27(3)42/h5-21,25-26,35-38,41,43H,22-24H2,1-4H3,(H,39,42)/t25-,26-,35+,36-,37+,38+/m1/s1. The summed E-state index contributed by atoms with van der Waals surface area (Å²) in [5.41, 5.74) is 6.85. The summed E-state index contributed by atoms with van der Waals surface area (Å²) < 4.78 is 13.3. The molecule has 0 saturated carbocycles. The molecule has 45 heavy (non-hydrogen) atoms. The van der Waals surface area contributed by atoms with Crippen LogP contribution in [0.5, 0.6) is 0 Å². The fraction of sp³-hybridized carbons (Fsp3) is 0.342. The molecule has 0 aromatic heterocycles. The van der Waals surface area contributed by atoms with Gasteiger partial charge in [0.25, 0.3) is 0 Å². The average molecular weight is 609 g/mol. The summed E-state index contributed by atoms with van der Waals surface area (Å²) in [7, 11) is 2.03. The molecule has 7 heteroatoms. The molecule has 0 radical (unpaired) electrons. The molecule has 1 fully saturated rings. The predicted octanol–water partition coefficient (Wildman–Crippen LogP) is 6.33. The van der Waals surface area contributed by atoms with Crippen LogP contribution in [0.3, 0.4) is 0 Å². The molecular weight excluding hydrogens is 564 g/mol. The number of hydrogen-bond donors (Lipinski definition) is 3. The fourth-order valence-electron chi connectivity index (χ4n) is 5.87. The van der Waals surface area contributed by atoms with Crippen LogP contribution in [0.15, 0.2) is 103 Å². The normalized spacial score (nSPS) is 21.3. The Bertz CT molecular complexity index is 1530. The Balaban J connectivity index is 1.37. The first-order chi connectivity index (χ1) is 21.7. The zero-order chi connectivity index (χ0) is 31.9. The number of aliphatic hydroxyl groups excluding tert-OH is 2. The molecular formula is C38H44N2O5. The lowest BCUT2D eigenvalue weighted by Crippen LogP contribution is -2.46. The Labute approximate surface area is 266 Å². The second kappa shape index (κ2) is 15.0. The number of ether oxygens (including phenoxy) is 2. The van der Waals surface area contributed by atoms with E-state index in [9.17, 15) is 15.0 Å². The maximum absolute atomic E-state index is 11.4. The minimum Gasteiger partial charge on any atom is -0.392 e. The van der Waals surface area contributed by atoms with E-state index in [0.29, 0.717) is 13.1 Å². The van der Waals surface area contributed by atoms with Crippen LogP contribution in [0, 0.1) is 5.92 Å². The molecule has 3 N–H and O–H groups in total. The van der Waals surface area contributed by atoms with Gasteiger partial charge in [0, 0.05) is 37.5 Å². The van der Waals surface area contributed by atoms with Crippen LogP contribution in [0.1, 0.15) is 67.1 Å². The number of carbonyl (C=O) groups excluding carboxylic acids is 1. The van der Waals surface area contributed by atoms with Crippen molar-refractivity contribution in [2.75, 3.05) is 13.6 Å². The summed E-state index contributed by atoms with van der Waals surface area (Å²) in [6.07, 6.45) is -1.62. The summed E-state index contributed by atoms with van der Waals surface area (Å²) in [5.74, 6) is -0.0316. The van der Waals surface area contributed by atoms with Crippen LogP contribution >= 0.6 is 0 Å². The van der Waals surface area contributed by atoms with E-state index in [4.69, 9.17) is 9.47 Å². The third-order valence-electron chi connectivity index (χ3n) is 8.87. The van der Waals surface area contributed by atoms with Crippen molar-refractivity contribution in [3.05, 3.63) is 131 Å². The molecule has 1 amide bonds. The van der Waals surface area contributed by atoms with E-state index in [1.807, 2.05) is 92.8 Å². The number of hydrogen-bond acceptors (Lipinski definition) is 6. The second-order valence-corrected chi connectivity index (χ2v) is 12.1. The number of aliphatic hydroxyl groups is 2. The highest BCUT2D eigenvalue weighted by molar-refractivity contribution is 5.73. The lowest BCUT2D eigenvalue weighted by molar-refractivity contribution is -0.276. The van der Waals surface area contributed by atoms with Crippen LogP contribution in [0.25, 0.3) is 11.1 Å². The minimum atomic E-state index is -0.631. The Morgan fingerprint density at radius 3 is 2.22 bits per heavy atom. The van der Waals surface area contributed by atoms with Gasteiger partial charge < -0.3 is 25.0 Å². The van der Waals surface area contributed by atoms with Crippen LogP contribution < -0.4 is 5.32 Å². The molecule has 236 valence electrons. The van der Waals surface area contributed by atoms with Crippen molar-refractivity contribution in [1.29, 1.82) is 0 Å². The van der Waals surface area contributed by atoms with Crippen LogP contribution in [-0.4, -0.2) is 46.8 Å². The van der Waals surface area contributed by atoms with Gasteiger partial charge in [-0.1, -0.05) is 104 Å². The Morgan fingerprint density at radius 2 is 1.56 bits per heavy atom. The van der Waals surface area contributed by atoms with E-state index in [-0.39, 0.29) is 36.7 Å². The molecule has 7 nitrogen and oxygen atoms in total. The first-order valence-corrected chi connectivity index (χ1v) is 15.6. The monoisotopic (exact) mass is 608 g/mol. The lowest BCUT2D eigenvalue weighted by Gasteiger charge is -2.43. The zero-order valence-corrected chi connectivity index (χ0v) is 26.5. The van der Waals surface area contributed by atoms with Gasteiger partial charge in [0.1, 0.15) is 0 Å². The average Bonchev–Trinajstić information content (AvgIpc) is 3.08. The van der Waals surface area contributed by atoms with Gasteiger partial charge >= 0.3 is 0 Å². The maximum Gasteiger partial charge on any atom is 0.217 e. The van der Waals surface area contributed by atoms with Crippen molar-refractivity contribution in [2.45, 2.75) is 64.6 Å². The SMILES string of the molecule is CC(=O)NCc1cccc(-c2ccc([C@H]3O[C@@H](CN(C)[C@H](C)[C@@H](O)c4ccccc4)[C@@H](C)[C@@H](c4ccc(CO)cc4)O3)cc2)c1. The van der Waals surface area contributed by atoms with Crippen molar-refractivity contribution < 1.29 is 24.5 Å². The lowest BCUT2D eigenvalue weighted by atomic mass is 9.89. The quantitative estimate of drug-likeness (QED) is 0.184. The Morgan fingerprint density at radius 1 is 0.867 bits per heavy atom. The van der Waals surface area contributed by atoms with Gasteiger partial charge in [-0.2, -0.15) is 0 Å². The first kappa shape index (κ1) is 32.5. The summed E-state index contributed by atoms with van der Waals surface area (Å²) in [6.45, 7) is 6.79. The third-order valence-corrected chi connectivity index (χ3v) is 8.87. The van der Waals surface area contributed by atoms with E-state index in [2.05, 4.69) is 41.4 Å². The zero-order valence-electron chi connectivity index (χ0n) is 26.5. The number of nitrogens with one attached hydrogen (secondary N) is 1. The number of amides is 1. The smallest absolute Gasteiger partial charge is 0.217 e. The van der Waals surface area contributed by atoms with Crippen molar-refractivity contribution in [3.63, 3.8) is 0 Å². The number of benzene rings is 4. The van der Waals surface area contributed by atoms with Crippen molar-refractivity contribution in [2.24, 2.45) is 5.92 Å². The Hall–Kier alpha value is -3.85. The molecule has 6 atom stereocenters. The van der Waals surface area contributed by atoms with E-state index >= 15 is 0 Å². The topological polar surface area (TPSA) is 91.3 Å². The molecule has 1 heterocycles. The molecule has 5 rings (SSSR count). The van der Waals surface area contributed by atoms with Crippen LogP contribution in [-0.2, 0) is 27.4 Å². The number of likely N-dealkylation sites (N-methyl/N-ethyl adjacent to an activating group) is 1. The van der Waals surface area contributed by atoms with Gasteiger partial charge in [0.15, 0.2) is 6.29 Å². The largest absolute Gasteiger partial charge is 0.392 e. The molecule has 0 unspecified atom stereocenters.